The van der Waals surface area contributed by atoms with Gasteiger partial charge in [0.15, 0.2) is 5.84 Å². The van der Waals surface area contributed by atoms with Crippen LogP contribution in [0.3, 0.4) is 0 Å². The Morgan fingerprint density at radius 3 is 2.17 bits per heavy atom. The molecule has 5 nitrogen and oxygen atoms in total. The Morgan fingerprint density at radius 2 is 1.37 bits per heavy atom. The van der Waals surface area contributed by atoms with E-state index in [4.69, 9.17) is 9.98 Å². The predicted octanol–water partition coefficient (Wildman–Crippen LogP) is 12.7. The summed E-state index contributed by atoms with van der Waals surface area (Å²) >= 11 is 0. The largest absolute Gasteiger partial charge is 0.344 e. The maximum absolute atomic E-state index is 5.23. The minimum absolute atomic E-state index is 0.211. The van der Waals surface area contributed by atoms with Gasteiger partial charge in [-0.1, -0.05) is 145 Å². The highest BCUT2D eigenvalue weighted by atomic mass is 15.2. The van der Waals surface area contributed by atoms with Crippen LogP contribution in [0.25, 0.3) is 38.6 Å². The van der Waals surface area contributed by atoms with Crippen molar-refractivity contribution in [2.45, 2.75) is 38.9 Å². The van der Waals surface area contributed by atoms with Gasteiger partial charge in [-0.05, 0) is 97.1 Å². The van der Waals surface area contributed by atoms with Crippen molar-refractivity contribution in [3.05, 3.63) is 221 Å². The zero-order valence-corrected chi connectivity index (χ0v) is 33.3. The quantitative estimate of drug-likeness (QED) is 0.183. The number of anilines is 2. The maximum Gasteiger partial charge on any atom is 0.159 e. The van der Waals surface area contributed by atoms with Gasteiger partial charge in [-0.3, -0.25) is 0 Å². The topological polar surface area (TPSA) is 44.9 Å². The third-order valence-electron chi connectivity index (χ3n) is 12.2. The summed E-state index contributed by atoms with van der Waals surface area (Å²) in [4.78, 5) is 12.8. The molecule has 11 rings (SSSR count). The number of allylic oxidation sites excluding steroid dienone is 2. The average molecular weight is 762 g/mol. The van der Waals surface area contributed by atoms with Crippen molar-refractivity contribution in [2.75, 3.05) is 4.90 Å². The Labute approximate surface area is 345 Å². The molecule has 7 aromatic carbocycles. The first-order chi connectivity index (χ1) is 29.0. The molecule has 1 N–H and O–H groups in total. The Morgan fingerprint density at radius 1 is 0.610 bits per heavy atom. The van der Waals surface area contributed by atoms with E-state index in [1.165, 1.54) is 66.6 Å². The van der Waals surface area contributed by atoms with Gasteiger partial charge in [0.2, 0.25) is 0 Å². The number of benzene rings is 7. The number of nitrogens with zero attached hydrogens (tertiary/aromatic N) is 4. The van der Waals surface area contributed by atoms with E-state index < -0.39 is 0 Å². The van der Waals surface area contributed by atoms with Gasteiger partial charge < -0.3 is 14.8 Å². The second-order valence-corrected chi connectivity index (χ2v) is 16.1. The molecule has 284 valence electrons. The van der Waals surface area contributed by atoms with Crippen molar-refractivity contribution < 1.29 is 0 Å². The van der Waals surface area contributed by atoms with Crippen molar-refractivity contribution in [3.63, 3.8) is 0 Å². The van der Waals surface area contributed by atoms with Gasteiger partial charge in [-0.2, -0.15) is 0 Å². The van der Waals surface area contributed by atoms with E-state index in [1.807, 2.05) is 24.3 Å². The van der Waals surface area contributed by atoms with Crippen molar-refractivity contribution in [2.24, 2.45) is 9.98 Å². The Balaban J connectivity index is 1.10. The fourth-order valence-corrected chi connectivity index (χ4v) is 9.43. The zero-order chi connectivity index (χ0) is 39.6. The fourth-order valence-electron chi connectivity index (χ4n) is 9.43. The molecule has 2 aliphatic heterocycles. The second kappa shape index (κ2) is 14.0. The molecule has 0 saturated carbocycles. The molecule has 3 heterocycles. The van der Waals surface area contributed by atoms with E-state index in [9.17, 15) is 0 Å². The molecule has 5 heteroatoms. The molecule has 0 radical (unpaired) electrons. The summed E-state index contributed by atoms with van der Waals surface area (Å²) in [6.45, 7) is 6.63. The van der Waals surface area contributed by atoms with E-state index in [0.29, 0.717) is 5.92 Å². The lowest BCUT2D eigenvalue weighted by atomic mass is 9.88. The van der Waals surface area contributed by atoms with Crippen LogP contribution in [0.4, 0.5) is 11.4 Å². The van der Waals surface area contributed by atoms with Crippen LogP contribution in [-0.4, -0.2) is 22.3 Å². The number of para-hydroxylation sites is 1. The van der Waals surface area contributed by atoms with Crippen molar-refractivity contribution in [1.82, 2.24) is 9.88 Å². The van der Waals surface area contributed by atoms with Gasteiger partial charge in [0.25, 0.3) is 0 Å². The van der Waals surface area contributed by atoms with Gasteiger partial charge >= 0.3 is 0 Å². The SMILES string of the molecule is CC1=CC2c3cc(C)ccc3N(c3ccc4c(c3)c3c(-c5cc(C6N=C(c7ccccc7)N=C(c7ccccc7)N6)ccc5C)cccc3n4-c3ccccc3)C2C=C1. The molecule has 3 atom stereocenters. The number of aromatic nitrogens is 1. The summed E-state index contributed by atoms with van der Waals surface area (Å²) in [5.41, 5.74) is 16.7. The number of fused-ring (bicyclic) bond motifs is 6. The van der Waals surface area contributed by atoms with Gasteiger partial charge in [0.05, 0.1) is 17.1 Å². The van der Waals surface area contributed by atoms with E-state index in [1.54, 1.807) is 0 Å². The standard InChI is InChI=1S/C54H43N5/c1-34-22-27-47-44(30-34)45-31-35(2)23-28-48(45)59(47)41-26-29-49-46(33-41)51-42(20-13-21-50(51)58(49)40-18-11-6-12-19-40)43-32-39(25-24-36(43)3)54-56-52(37-14-7-4-8-15-37)55-53(57-54)38-16-9-5-10-17-38/h4-33,44,47,54H,1-3H3,(H,55,56,57). The van der Waals surface area contributed by atoms with Crippen LogP contribution in [0.2, 0.25) is 0 Å². The molecule has 0 spiro atoms. The van der Waals surface area contributed by atoms with Gasteiger partial charge in [0, 0.05) is 44.9 Å². The minimum Gasteiger partial charge on any atom is -0.344 e. The Hall–Kier alpha value is -7.24. The molecular formula is C54H43N5. The first-order valence-electron chi connectivity index (χ1n) is 20.5. The summed E-state index contributed by atoms with van der Waals surface area (Å²) in [5, 5.41) is 6.16. The van der Waals surface area contributed by atoms with Crippen molar-refractivity contribution >= 4 is 44.9 Å². The predicted molar refractivity (Wildman–Crippen MR) is 246 cm³/mol. The number of rotatable bonds is 6. The van der Waals surface area contributed by atoms with E-state index >= 15 is 0 Å². The van der Waals surface area contributed by atoms with Crippen LogP contribution in [-0.2, 0) is 0 Å². The molecule has 1 aromatic heterocycles. The van der Waals surface area contributed by atoms with Crippen molar-refractivity contribution in [1.29, 1.82) is 0 Å². The summed E-state index contributed by atoms with van der Waals surface area (Å²) in [6, 6.07) is 59.2. The fraction of sp³-hybridized carbons (Fsp3) is 0.111. The molecule has 0 amide bonds. The first-order valence-corrected chi connectivity index (χ1v) is 20.5. The normalized spacial score (nSPS) is 18.3. The van der Waals surface area contributed by atoms with Gasteiger partial charge in [0.1, 0.15) is 12.0 Å². The summed E-state index contributed by atoms with van der Waals surface area (Å²) in [5.74, 6) is 1.84. The summed E-state index contributed by atoms with van der Waals surface area (Å²) < 4.78 is 2.43. The molecule has 59 heavy (non-hydrogen) atoms. The highest BCUT2D eigenvalue weighted by molar-refractivity contribution is 6.17. The van der Waals surface area contributed by atoms with E-state index in [0.717, 1.165) is 34.0 Å². The zero-order valence-electron chi connectivity index (χ0n) is 33.3. The van der Waals surface area contributed by atoms with Crippen LogP contribution >= 0.6 is 0 Å². The number of aliphatic imine (C=N–C) groups is 2. The number of nitrogens with one attached hydrogen (secondary N) is 1. The average Bonchev–Trinajstić information content (AvgIpc) is 3.79. The van der Waals surface area contributed by atoms with E-state index in [2.05, 4.69) is 193 Å². The molecule has 8 aromatic rings. The Bertz CT molecular complexity index is 3060. The third kappa shape index (κ3) is 5.92. The minimum atomic E-state index is -0.332. The van der Waals surface area contributed by atoms with Crippen LogP contribution in [0.15, 0.2) is 198 Å². The second-order valence-electron chi connectivity index (χ2n) is 16.1. The maximum atomic E-state index is 5.23. The third-order valence-corrected chi connectivity index (χ3v) is 12.2. The molecular weight excluding hydrogens is 719 g/mol. The molecule has 1 aliphatic carbocycles. The number of amidine groups is 2. The molecule has 3 aliphatic rings. The monoisotopic (exact) mass is 761 g/mol. The highest BCUT2D eigenvalue weighted by Gasteiger charge is 2.38. The van der Waals surface area contributed by atoms with Crippen LogP contribution < -0.4 is 10.2 Å². The number of hydrogen-bond acceptors (Lipinski definition) is 4. The smallest absolute Gasteiger partial charge is 0.159 e. The highest BCUT2D eigenvalue weighted by Crippen LogP contribution is 2.50. The summed E-state index contributed by atoms with van der Waals surface area (Å²) in [7, 11) is 0. The van der Waals surface area contributed by atoms with Crippen LogP contribution in [0.1, 0.15) is 52.4 Å². The first kappa shape index (κ1) is 35.0. The van der Waals surface area contributed by atoms with Gasteiger partial charge in [-0.25, -0.2) is 9.98 Å². The van der Waals surface area contributed by atoms with E-state index in [-0.39, 0.29) is 12.2 Å². The molecule has 0 fully saturated rings. The number of hydrogen-bond donors (Lipinski definition) is 1. The lowest BCUT2D eigenvalue weighted by Crippen LogP contribution is -2.33. The van der Waals surface area contributed by atoms with Gasteiger partial charge in [-0.15, -0.1) is 0 Å². The summed E-state index contributed by atoms with van der Waals surface area (Å²) in [6.07, 6.45) is 6.79. The lowest BCUT2D eigenvalue weighted by molar-refractivity contribution is 0.674. The van der Waals surface area contributed by atoms with Crippen molar-refractivity contribution in [3.8, 4) is 16.8 Å². The molecule has 3 unspecified atom stereocenters. The van der Waals surface area contributed by atoms with Crippen LogP contribution in [0, 0.1) is 13.8 Å². The lowest BCUT2D eigenvalue weighted by Gasteiger charge is -2.29. The number of aryl methyl sites for hydroxylation is 2. The molecule has 0 bridgehead atoms. The Kier molecular flexibility index (Phi) is 8.29. The molecule has 0 saturated heterocycles. The van der Waals surface area contributed by atoms with Crippen LogP contribution in [0.5, 0.6) is 0 Å².